The predicted octanol–water partition coefficient (Wildman–Crippen LogP) is 6.25. The Kier molecular flexibility index (Phi) is 6.90. The standard InChI is InChI=1S/C32H33FN6O2S/c1-20(2)29-30(42-19-36-29)24-13-23(33)5-6-26(24)41-27-14-34-18-35-31(27)39-10-8-32(17-39)7-9-38(16-32)15-21-3-4-22-12-28(40)37-25(22)11-21/h3-6,11,13-14,18-20H,7-10,12,15-17H2,1-2H3,(H,37,40). The summed E-state index contributed by atoms with van der Waals surface area (Å²) in [6.07, 6.45) is 5.93. The first-order chi connectivity index (χ1) is 20.4. The summed E-state index contributed by atoms with van der Waals surface area (Å²) in [5, 5.41) is 2.97. The van der Waals surface area contributed by atoms with Crippen molar-refractivity contribution in [3.8, 4) is 21.9 Å². The maximum atomic E-state index is 14.4. The van der Waals surface area contributed by atoms with Crippen molar-refractivity contribution in [3.63, 3.8) is 0 Å². The minimum atomic E-state index is -0.318. The van der Waals surface area contributed by atoms with Gasteiger partial charge in [0.1, 0.15) is 17.9 Å². The molecular formula is C32H33FN6O2S. The number of thiazole rings is 1. The smallest absolute Gasteiger partial charge is 0.228 e. The van der Waals surface area contributed by atoms with Gasteiger partial charge in [0.15, 0.2) is 11.6 Å². The summed E-state index contributed by atoms with van der Waals surface area (Å²) >= 11 is 1.49. The Morgan fingerprint density at radius 3 is 2.86 bits per heavy atom. The van der Waals surface area contributed by atoms with Gasteiger partial charge >= 0.3 is 0 Å². The first-order valence-electron chi connectivity index (χ1n) is 14.5. The number of halogens is 1. The Morgan fingerprint density at radius 2 is 1.98 bits per heavy atom. The number of carbonyl (C=O) groups is 1. The maximum Gasteiger partial charge on any atom is 0.228 e. The molecule has 1 spiro atoms. The minimum Gasteiger partial charge on any atom is -0.451 e. The van der Waals surface area contributed by atoms with Gasteiger partial charge in [-0.2, -0.15) is 0 Å². The minimum absolute atomic E-state index is 0.0703. The second kappa shape index (κ2) is 10.7. The molecule has 0 aliphatic carbocycles. The second-order valence-electron chi connectivity index (χ2n) is 12.0. The summed E-state index contributed by atoms with van der Waals surface area (Å²) in [6, 6.07) is 11.0. The lowest BCUT2D eigenvalue weighted by Crippen LogP contribution is -2.31. The fourth-order valence-electron chi connectivity index (χ4n) is 6.60. The molecule has 0 saturated carbocycles. The molecule has 8 nitrogen and oxygen atoms in total. The molecule has 1 N–H and O–H groups in total. The van der Waals surface area contributed by atoms with E-state index in [-0.39, 0.29) is 23.1 Å². The number of nitrogens with zero attached hydrogens (tertiary/aromatic N) is 5. The van der Waals surface area contributed by atoms with Crippen LogP contribution in [0.25, 0.3) is 10.4 Å². The van der Waals surface area contributed by atoms with E-state index in [4.69, 9.17) is 4.74 Å². The van der Waals surface area contributed by atoms with Crippen molar-refractivity contribution in [2.45, 2.75) is 45.6 Å². The van der Waals surface area contributed by atoms with E-state index in [9.17, 15) is 9.18 Å². The number of nitrogens with one attached hydrogen (secondary N) is 1. The summed E-state index contributed by atoms with van der Waals surface area (Å²) in [5.41, 5.74) is 6.86. The number of anilines is 2. The van der Waals surface area contributed by atoms with Crippen LogP contribution in [0, 0.1) is 11.2 Å². The Morgan fingerprint density at radius 1 is 1.10 bits per heavy atom. The van der Waals surface area contributed by atoms with Crippen molar-refractivity contribution >= 4 is 28.7 Å². The van der Waals surface area contributed by atoms with Gasteiger partial charge in [0.05, 0.1) is 28.7 Å². The third kappa shape index (κ3) is 5.13. The van der Waals surface area contributed by atoms with Crippen LogP contribution >= 0.6 is 11.3 Å². The number of ether oxygens (including phenoxy) is 1. The van der Waals surface area contributed by atoms with E-state index in [2.05, 4.69) is 62.1 Å². The van der Waals surface area contributed by atoms with E-state index in [1.54, 1.807) is 24.1 Å². The molecule has 2 aromatic heterocycles. The number of amides is 1. The fourth-order valence-corrected chi connectivity index (χ4v) is 7.57. The van der Waals surface area contributed by atoms with Gasteiger partial charge in [0, 0.05) is 42.8 Å². The van der Waals surface area contributed by atoms with Gasteiger partial charge in [-0.05, 0) is 60.7 Å². The molecule has 42 heavy (non-hydrogen) atoms. The average Bonchev–Trinajstić information content (AvgIpc) is 3.77. The Hall–Kier alpha value is -3.89. The van der Waals surface area contributed by atoms with E-state index >= 15 is 0 Å². The molecule has 1 unspecified atom stereocenters. The van der Waals surface area contributed by atoms with Gasteiger partial charge in [0.2, 0.25) is 5.91 Å². The fraction of sp³-hybridized carbons (Fsp3) is 0.375. The van der Waals surface area contributed by atoms with Crippen LogP contribution in [0.15, 0.2) is 54.4 Å². The Bertz CT molecular complexity index is 1660. The van der Waals surface area contributed by atoms with Crippen LogP contribution in [0.1, 0.15) is 49.4 Å². The van der Waals surface area contributed by atoms with Crippen LogP contribution in [0.3, 0.4) is 0 Å². The SMILES string of the molecule is CC(C)c1ncsc1-c1cc(F)ccc1Oc1cncnc1N1CCC2(CCN(Cc3ccc4c(c3)NC(=O)C4)C2)C1. The molecule has 0 radical (unpaired) electrons. The molecule has 216 valence electrons. The molecule has 4 aromatic rings. The first kappa shape index (κ1) is 27.0. The molecule has 7 rings (SSSR count). The van der Waals surface area contributed by atoms with E-state index < -0.39 is 0 Å². The zero-order valence-corrected chi connectivity index (χ0v) is 24.6. The maximum absolute atomic E-state index is 14.4. The van der Waals surface area contributed by atoms with Crippen molar-refractivity contribution in [2.24, 2.45) is 5.41 Å². The highest BCUT2D eigenvalue weighted by atomic mass is 32.1. The second-order valence-corrected chi connectivity index (χ2v) is 12.9. The Balaban J connectivity index is 1.08. The van der Waals surface area contributed by atoms with Crippen LogP contribution in [0.5, 0.6) is 11.5 Å². The number of rotatable bonds is 7. The summed E-state index contributed by atoms with van der Waals surface area (Å²) < 4.78 is 20.9. The molecule has 2 fully saturated rings. The van der Waals surface area contributed by atoms with Crippen LogP contribution in [0.2, 0.25) is 0 Å². The van der Waals surface area contributed by atoms with Gasteiger partial charge in [-0.15, -0.1) is 11.3 Å². The number of benzene rings is 2. The zero-order valence-electron chi connectivity index (χ0n) is 23.8. The normalized spacial score (nSPS) is 20.1. The monoisotopic (exact) mass is 584 g/mol. The zero-order chi connectivity index (χ0) is 28.8. The van der Waals surface area contributed by atoms with Gasteiger partial charge in [-0.1, -0.05) is 26.0 Å². The van der Waals surface area contributed by atoms with Crippen molar-refractivity contribution in [2.75, 3.05) is 36.4 Å². The number of fused-ring (bicyclic) bond motifs is 1. The van der Waals surface area contributed by atoms with Gasteiger partial charge in [-0.25, -0.2) is 19.3 Å². The molecule has 2 aromatic carbocycles. The third-order valence-corrected chi connectivity index (χ3v) is 9.54. The number of carbonyl (C=O) groups excluding carboxylic acids is 1. The van der Waals surface area contributed by atoms with Gasteiger partial charge in [0.25, 0.3) is 0 Å². The average molecular weight is 585 g/mol. The summed E-state index contributed by atoms with van der Waals surface area (Å²) in [7, 11) is 0. The lowest BCUT2D eigenvalue weighted by molar-refractivity contribution is -0.115. The van der Waals surface area contributed by atoms with E-state index in [1.807, 2.05) is 0 Å². The molecular weight excluding hydrogens is 551 g/mol. The number of hydrogen-bond donors (Lipinski definition) is 1. The van der Waals surface area contributed by atoms with Crippen molar-refractivity contribution in [3.05, 3.63) is 77.1 Å². The highest BCUT2D eigenvalue weighted by Crippen LogP contribution is 2.45. The Labute approximate surface area is 248 Å². The molecule has 3 aliphatic rings. The number of hydrogen-bond acceptors (Lipinski definition) is 8. The molecule has 0 bridgehead atoms. The molecule has 2 saturated heterocycles. The van der Waals surface area contributed by atoms with Crippen molar-refractivity contribution < 1.29 is 13.9 Å². The highest BCUT2D eigenvalue weighted by Gasteiger charge is 2.44. The van der Waals surface area contributed by atoms with E-state index in [1.165, 1.54) is 29.0 Å². The molecule has 5 heterocycles. The topological polar surface area (TPSA) is 83.5 Å². The third-order valence-electron chi connectivity index (χ3n) is 8.67. The molecule has 3 aliphatic heterocycles. The lowest BCUT2D eigenvalue weighted by atomic mass is 9.86. The van der Waals surface area contributed by atoms with Crippen molar-refractivity contribution in [1.29, 1.82) is 0 Å². The largest absolute Gasteiger partial charge is 0.451 e. The number of likely N-dealkylation sites (tertiary alicyclic amines) is 1. The lowest BCUT2D eigenvalue weighted by Gasteiger charge is -2.26. The predicted molar refractivity (Wildman–Crippen MR) is 162 cm³/mol. The van der Waals surface area contributed by atoms with E-state index in [0.717, 1.165) is 73.2 Å². The van der Waals surface area contributed by atoms with Crippen LogP contribution < -0.4 is 15.0 Å². The molecule has 10 heteroatoms. The van der Waals surface area contributed by atoms with Gasteiger partial charge < -0.3 is 15.0 Å². The highest BCUT2D eigenvalue weighted by molar-refractivity contribution is 7.13. The molecule has 1 atom stereocenters. The molecule has 1 amide bonds. The van der Waals surface area contributed by atoms with Crippen molar-refractivity contribution in [1.82, 2.24) is 19.9 Å². The summed E-state index contributed by atoms with van der Waals surface area (Å²) in [5.74, 6) is 1.84. The van der Waals surface area contributed by atoms with Gasteiger partial charge in [-0.3, -0.25) is 9.69 Å². The number of aromatic nitrogens is 3. The van der Waals surface area contributed by atoms with Crippen LogP contribution in [0.4, 0.5) is 15.9 Å². The summed E-state index contributed by atoms with van der Waals surface area (Å²) in [4.78, 5) is 30.9. The quantitative estimate of drug-likeness (QED) is 0.275. The van der Waals surface area contributed by atoms with Crippen LogP contribution in [-0.2, 0) is 17.8 Å². The summed E-state index contributed by atoms with van der Waals surface area (Å²) in [6.45, 7) is 8.86. The van der Waals surface area contributed by atoms with E-state index in [0.29, 0.717) is 23.5 Å². The first-order valence-corrected chi connectivity index (χ1v) is 15.3. The van der Waals surface area contributed by atoms with Crippen LogP contribution in [-0.4, -0.2) is 51.9 Å².